The number of nitrogens with one attached hydrogen (secondary N) is 1. The van der Waals surface area contributed by atoms with Crippen molar-refractivity contribution in [2.24, 2.45) is 0 Å². The first-order valence-electron chi connectivity index (χ1n) is 9.38. The molecule has 2 aromatic heterocycles. The Morgan fingerprint density at radius 3 is 2.59 bits per heavy atom. The molecule has 0 radical (unpaired) electrons. The molecule has 1 N–H and O–H groups in total. The third-order valence-corrected chi connectivity index (χ3v) is 4.42. The van der Waals surface area contributed by atoms with Gasteiger partial charge in [-0.15, -0.1) is 0 Å². The summed E-state index contributed by atoms with van der Waals surface area (Å²) >= 11 is 0. The van der Waals surface area contributed by atoms with Crippen molar-refractivity contribution in [1.82, 2.24) is 14.5 Å². The number of hydrogen-bond acceptors (Lipinski definition) is 4. The Labute approximate surface area is 158 Å². The van der Waals surface area contributed by atoms with Gasteiger partial charge in [-0.1, -0.05) is 26.3 Å². The molecule has 0 spiro atoms. The fourth-order valence-corrected chi connectivity index (χ4v) is 2.90. The average molecular weight is 364 g/mol. The van der Waals surface area contributed by atoms with Crippen molar-refractivity contribution in [3.05, 3.63) is 53.2 Å². The van der Waals surface area contributed by atoms with Crippen molar-refractivity contribution < 1.29 is 4.79 Å². The van der Waals surface area contributed by atoms with E-state index >= 15 is 0 Å². The number of pyridine rings is 1. The van der Waals surface area contributed by atoms with E-state index in [9.17, 15) is 9.59 Å². The van der Waals surface area contributed by atoms with Crippen LogP contribution in [-0.2, 0) is 11.3 Å². The molecule has 0 bridgehead atoms. The predicted molar refractivity (Wildman–Crippen MR) is 108 cm³/mol. The molecule has 0 saturated heterocycles. The van der Waals surface area contributed by atoms with E-state index in [-0.39, 0.29) is 11.5 Å². The molecule has 0 saturated carbocycles. The molecule has 27 heavy (non-hydrogen) atoms. The Balaban J connectivity index is 1.89. The largest absolute Gasteiger partial charge is 0.311 e. The van der Waals surface area contributed by atoms with Crippen LogP contribution >= 0.6 is 0 Å². The molecule has 2 heterocycles. The standard InChI is InChI=1S/C21H24N4O2/c1-3-5-11-25-14-23-18-9-7-15(12-17(18)21(25)27)16-8-10-19(22-13-16)24-20(26)6-4-2/h7-10,12-14H,3-6,11H2,1-2H3,(H,22,24,26). The first kappa shape index (κ1) is 18.8. The van der Waals surface area contributed by atoms with Crippen molar-refractivity contribution in [1.29, 1.82) is 0 Å². The third-order valence-electron chi connectivity index (χ3n) is 4.42. The summed E-state index contributed by atoms with van der Waals surface area (Å²) in [7, 11) is 0. The Morgan fingerprint density at radius 2 is 1.89 bits per heavy atom. The number of benzene rings is 1. The lowest BCUT2D eigenvalue weighted by Gasteiger charge is -2.08. The zero-order valence-corrected chi connectivity index (χ0v) is 15.7. The van der Waals surface area contributed by atoms with Gasteiger partial charge in [0.25, 0.3) is 5.56 Å². The van der Waals surface area contributed by atoms with Crippen LogP contribution in [-0.4, -0.2) is 20.4 Å². The van der Waals surface area contributed by atoms with Crippen LogP contribution in [0, 0.1) is 0 Å². The SMILES string of the molecule is CCCCn1cnc2ccc(-c3ccc(NC(=O)CCC)nc3)cc2c1=O. The second-order valence-electron chi connectivity index (χ2n) is 6.56. The summed E-state index contributed by atoms with van der Waals surface area (Å²) in [6, 6.07) is 9.31. The van der Waals surface area contributed by atoms with Crippen LogP contribution in [0.2, 0.25) is 0 Å². The average Bonchev–Trinajstić information content (AvgIpc) is 2.68. The molecule has 0 fully saturated rings. The minimum atomic E-state index is -0.0397. The van der Waals surface area contributed by atoms with Crippen LogP contribution < -0.4 is 10.9 Å². The molecule has 3 rings (SSSR count). The molecule has 0 aliphatic carbocycles. The maximum atomic E-state index is 12.7. The van der Waals surface area contributed by atoms with Gasteiger partial charge in [0, 0.05) is 24.7 Å². The fourth-order valence-electron chi connectivity index (χ4n) is 2.90. The number of fused-ring (bicyclic) bond motifs is 1. The minimum absolute atomic E-state index is 0.0216. The van der Waals surface area contributed by atoms with E-state index in [0.29, 0.717) is 29.7 Å². The Bertz CT molecular complexity index is 993. The topological polar surface area (TPSA) is 76.9 Å². The second-order valence-corrected chi connectivity index (χ2v) is 6.56. The van der Waals surface area contributed by atoms with E-state index in [4.69, 9.17) is 0 Å². The van der Waals surface area contributed by atoms with Gasteiger partial charge < -0.3 is 5.32 Å². The van der Waals surface area contributed by atoms with Gasteiger partial charge in [0.15, 0.2) is 0 Å². The normalized spacial score (nSPS) is 10.9. The van der Waals surface area contributed by atoms with Crippen molar-refractivity contribution in [2.45, 2.75) is 46.1 Å². The van der Waals surface area contributed by atoms with E-state index in [0.717, 1.165) is 30.4 Å². The molecule has 6 heteroatoms. The number of unbranched alkanes of at least 4 members (excludes halogenated alkanes) is 1. The first-order valence-corrected chi connectivity index (χ1v) is 9.38. The molecule has 3 aromatic rings. The van der Waals surface area contributed by atoms with Crippen molar-refractivity contribution in [3.63, 3.8) is 0 Å². The summed E-state index contributed by atoms with van der Waals surface area (Å²) in [5, 5.41) is 3.38. The lowest BCUT2D eigenvalue weighted by Crippen LogP contribution is -2.20. The van der Waals surface area contributed by atoms with Gasteiger partial charge in [-0.3, -0.25) is 14.2 Å². The van der Waals surface area contributed by atoms with E-state index < -0.39 is 0 Å². The fraction of sp³-hybridized carbons (Fsp3) is 0.333. The van der Waals surface area contributed by atoms with Crippen molar-refractivity contribution in [2.75, 3.05) is 5.32 Å². The number of aryl methyl sites for hydroxylation is 1. The van der Waals surface area contributed by atoms with Crippen LogP contribution in [0.15, 0.2) is 47.7 Å². The highest BCUT2D eigenvalue weighted by Gasteiger charge is 2.08. The number of rotatable bonds is 7. The number of carbonyl (C=O) groups is 1. The number of amides is 1. The summed E-state index contributed by atoms with van der Waals surface area (Å²) in [6.45, 7) is 4.73. The molecule has 1 amide bonds. The number of aromatic nitrogens is 3. The molecular weight excluding hydrogens is 340 g/mol. The van der Waals surface area contributed by atoms with Crippen LogP contribution in [0.25, 0.3) is 22.0 Å². The Hall–Kier alpha value is -3.02. The molecule has 0 unspecified atom stereocenters. The highest BCUT2D eigenvalue weighted by Crippen LogP contribution is 2.22. The van der Waals surface area contributed by atoms with Crippen LogP contribution in [0.1, 0.15) is 39.5 Å². The molecule has 0 atom stereocenters. The van der Waals surface area contributed by atoms with Gasteiger partial charge >= 0.3 is 0 Å². The van der Waals surface area contributed by atoms with E-state index in [2.05, 4.69) is 22.2 Å². The van der Waals surface area contributed by atoms with Gasteiger partial charge in [0.1, 0.15) is 5.82 Å². The smallest absolute Gasteiger partial charge is 0.261 e. The zero-order chi connectivity index (χ0) is 19.2. The quantitative estimate of drug-likeness (QED) is 0.687. The zero-order valence-electron chi connectivity index (χ0n) is 15.7. The maximum Gasteiger partial charge on any atom is 0.261 e. The van der Waals surface area contributed by atoms with E-state index in [1.807, 2.05) is 31.2 Å². The third kappa shape index (κ3) is 4.39. The summed E-state index contributed by atoms with van der Waals surface area (Å²) < 4.78 is 1.67. The van der Waals surface area contributed by atoms with Crippen molar-refractivity contribution >= 4 is 22.6 Å². The van der Waals surface area contributed by atoms with Gasteiger partial charge in [0.05, 0.1) is 17.2 Å². The molecule has 0 aliphatic rings. The number of hydrogen-bond donors (Lipinski definition) is 1. The summed E-state index contributed by atoms with van der Waals surface area (Å²) in [5.74, 6) is 0.490. The van der Waals surface area contributed by atoms with E-state index in [1.165, 1.54) is 0 Å². The van der Waals surface area contributed by atoms with Crippen LogP contribution in [0.5, 0.6) is 0 Å². The summed E-state index contributed by atoms with van der Waals surface area (Å²) in [5.41, 5.74) is 2.45. The van der Waals surface area contributed by atoms with E-state index in [1.54, 1.807) is 23.2 Å². The lowest BCUT2D eigenvalue weighted by molar-refractivity contribution is -0.116. The lowest BCUT2D eigenvalue weighted by atomic mass is 10.1. The maximum absolute atomic E-state index is 12.7. The second kappa shape index (κ2) is 8.58. The van der Waals surface area contributed by atoms with Gasteiger partial charge in [0.2, 0.25) is 5.91 Å². The van der Waals surface area contributed by atoms with Crippen LogP contribution in [0.4, 0.5) is 5.82 Å². The van der Waals surface area contributed by atoms with Gasteiger partial charge in [-0.25, -0.2) is 9.97 Å². The molecule has 140 valence electrons. The van der Waals surface area contributed by atoms with Gasteiger partial charge in [-0.2, -0.15) is 0 Å². The minimum Gasteiger partial charge on any atom is -0.311 e. The van der Waals surface area contributed by atoms with Gasteiger partial charge in [-0.05, 0) is 42.7 Å². The monoisotopic (exact) mass is 364 g/mol. The van der Waals surface area contributed by atoms with Crippen LogP contribution in [0.3, 0.4) is 0 Å². The Kier molecular flexibility index (Phi) is 5.96. The number of carbonyl (C=O) groups excluding carboxylic acids is 1. The molecule has 0 aliphatic heterocycles. The Morgan fingerprint density at radius 1 is 1.07 bits per heavy atom. The summed E-state index contributed by atoms with van der Waals surface area (Å²) in [4.78, 5) is 33.1. The first-order chi connectivity index (χ1) is 13.1. The molecule has 1 aromatic carbocycles. The summed E-state index contributed by atoms with van der Waals surface area (Å²) in [6.07, 6.45) is 6.57. The van der Waals surface area contributed by atoms with Crippen molar-refractivity contribution in [3.8, 4) is 11.1 Å². The molecular formula is C21H24N4O2. The number of anilines is 1. The highest BCUT2D eigenvalue weighted by atomic mass is 16.1. The number of nitrogens with zero attached hydrogens (tertiary/aromatic N) is 3. The highest BCUT2D eigenvalue weighted by molar-refractivity contribution is 5.90. The molecule has 6 nitrogen and oxygen atoms in total. The predicted octanol–water partition coefficient (Wildman–Crippen LogP) is 4.00.